The van der Waals surface area contributed by atoms with Crippen LogP contribution in [-0.4, -0.2) is 29.6 Å². The Hall–Kier alpha value is -1.77. The third kappa shape index (κ3) is 3.87. The Morgan fingerprint density at radius 1 is 1.19 bits per heavy atom. The first-order chi connectivity index (χ1) is 10.1. The smallest absolute Gasteiger partial charge is 0.258 e. The van der Waals surface area contributed by atoms with E-state index in [4.69, 9.17) is 0 Å². The van der Waals surface area contributed by atoms with E-state index in [1.54, 1.807) is 24.7 Å². The molecule has 0 bridgehead atoms. The highest BCUT2D eigenvalue weighted by Gasteiger charge is 2.20. The van der Waals surface area contributed by atoms with Crippen molar-refractivity contribution in [1.82, 2.24) is 25.2 Å². The molecule has 7 nitrogen and oxygen atoms in total. The van der Waals surface area contributed by atoms with Crippen molar-refractivity contribution in [2.45, 2.75) is 37.0 Å². The average molecular weight is 307 g/mol. The summed E-state index contributed by atoms with van der Waals surface area (Å²) >= 11 is 0. The molecule has 0 saturated heterocycles. The summed E-state index contributed by atoms with van der Waals surface area (Å²) in [6, 6.07) is 3.93. The Labute approximate surface area is 123 Å². The number of aromatic nitrogens is 3. The van der Waals surface area contributed by atoms with Gasteiger partial charge in [0.05, 0.1) is 6.20 Å². The van der Waals surface area contributed by atoms with Gasteiger partial charge in [0.25, 0.3) is 10.0 Å². The van der Waals surface area contributed by atoms with Gasteiger partial charge in [0, 0.05) is 37.1 Å². The number of aromatic amines is 1. The van der Waals surface area contributed by atoms with Gasteiger partial charge in [-0.2, -0.15) is 5.10 Å². The third-order valence-electron chi connectivity index (χ3n) is 3.27. The monoisotopic (exact) mass is 307 g/mol. The molecule has 0 unspecified atom stereocenters. The lowest BCUT2D eigenvalue weighted by Crippen LogP contribution is -2.24. The molecule has 2 aromatic heterocycles. The van der Waals surface area contributed by atoms with Crippen molar-refractivity contribution in [2.24, 2.45) is 0 Å². The van der Waals surface area contributed by atoms with Crippen molar-refractivity contribution < 1.29 is 8.42 Å². The van der Waals surface area contributed by atoms with Gasteiger partial charge in [0.1, 0.15) is 0 Å². The van der Waals surface area contributed by atoms with E-state index in [2.05, 4.69) is 25.2 Å². The normalized spacial score (nSPS) is 15.2. The van der Waals surface area contributed by atoms with Gasteiger partial charge in [-0.3, -0.25) is 5.10 Å². The summed E-state index contributed by atoms with van der Waals surface area (Å²) < 4.78 is 26.7. The summed E-state index contributed by atoms with van der Waals surface area (Å²) in [4.78, 5) is 4.03. The first-order valence-corrected chi connectivity index (χ1v) is 8.27. The Kier molecular flexibility index (Phi) is 4.00. The maximum absolute atomic E-state index is 12.1. The third-order valence-corrected chi connectivity index (χ3v) is 4.58. The van der Waals surface area contributed by atoms with Gasteiger partial charge in [-0.25, -0.2) is 18.1 Å². The lowest BCUT2D eigenvalue weighted by molar-refractivity contribution is 0.577. The van der Waals surface area contributed by atoms with Crippen molar-refractivity contribution in [1.29, 1.82) is 0 Å². The molecule has 112 valence electrons. The highest BCUT2D eigenvalue weighted by atomic mass is 32.2. The van der Waals surface area contributed by atoms with Crippen LogP contribution in [0.1, 0.15) is 24.0 Å². The van der Waals surface area contributed by atoms with E-state index < -0.39 is 10.0 Å². The number of pyridine rings is 1. The number of nitrogens with zero attached hydrogens (tertiary/aromatic N) is 2. The summed E-state index contributed by atoms with van der Waals surface area (Å²) in [7, 11) is -3.60. The molecule has 0 atom stereocenters. The number of rotatable bonds is 7. The number of hydrogen-bond donors (Lipinski definition) is 3. The van der Waals surface area contributed by atoms with Gasteiger partial charge in [0.15, 0.2) is 5.03 Å². The second-order valence-corrected chi connectivity index (χ2v) is 6.80. The average Bonchev–Trinajstić information content (AvgIpc) is 3.17. The number of nitrogens with one attached hydrogen (secondary N) is 3. The van der Waals surface area contributed by atoms with Crippen LogP contribution < -0.4 is 10.0 Å². The van der Waals surface area contributed by atoms with Crippen molar-refractivity contribution in [3.8, 4) is 0 Å². The van der Waals surface area contributed by atoms with Crippen molar-refractivity contribution in [3.63, 3.8) is 0 Å². The number of sulfonamides is 1. The van der Waals surface area contributed by atoms with Crippen molar-refractivity contribution in [3.05, 3.63) is 41.9 Å². The van der Waals surface area contributed by atoms with E-state index in [0.29, 0.717) is 6.04 Å². The first-order valence-electron chi connectivity index (χ1n) is 6.79. The topological polar surface area (TPSA) is 99.8 Å². The quantitative estimate of drug-likeness (QED) is 0.693. The van der Waals surface area contributed by atoms with Crippen LogP contribution in [0.3, 0.4) is 0 Å². The molecule has 1 aliphatic carbocycles. The number of hydrogen-bond acceptors (Lipinski definition) is 5. The van der Waals surface area contributed by atoms with Crippen LogP contribution in [0.2, 0.25) is 0 Å². The fourth-order valence-electron chi connectivity index (χ4n) is 1.85. The van der Waals surface area contributed by atoms with Crippen LogP contribution in [0.5, 0.6) is 0 Å². The van der Waals surface area contributed by atoms with Gasteiger partial charge in [0.2, 0.25) is 0 Å². The van der Waals surface area contributed by atoms with Crippen LogP contribution in [0.4, 0.5) is 0 Å². The standard InChI is InChI=1S/C13H17N5O2S/c19-21(20,18-9-11-7-16-17-8-11)13-4-1-10(6-15-13)5-14-12-2-3-12/h1,4,6-8,12,14,18H,2-3,5,9H2,(H,16,17). The van der Waals surface area contributed by atoms with E-state index >= 15 is 0 Å². The zero-order chi connectivity index (χ0) is 14.7. The van der Waals surface area contributed by atoms with E-state index in [9.17, 15) is 8.42 Å². The molecule has 8 heteroatoms. The lowest BCUT2D eigenvalue weighted by Gasteiger charge is -2.06. The van der Waals surface area contributed by atoms with E-state index in [0.717, 1.165) is 17.7 Å². The van der Waals surface area contributed by atoms with Crippen LogP contribution in [0.25, 0.3) is 0 Å². The minimum atomic E-state index is -3.60. The molecule has 0 radical (unpaired) electrons. The predicted octanol–water partition coefficient (Wildman–Crippen LogP) is 0.535. The first kappa shape index (κ1) is 14.2. The summed E-state index contributed by atoms with van der Waals surface area (Å²) in [5.74, 6) is 0. The predicted molar refractivity (Wildman–Crippen MR) is 76.7 cm³/mol. The maximum Gasteiger partial charge on any atom is 0.258 e. The Bertz CT molecular complexity index is 678. The van der Waals surface area contributed by atoms with E-state index in [1.165, 1.54) is 18.9 Å². The van der Waals surface area contributed by atoms with E-state index in [-0.39, 0.29) is 11.6 Å². The van der Waals surface area contributed by atoms with Gasteiger partial charge < -0.3 is 5.32 Å². The molecule has 3 N–H and O–H groups in total. The largest absolute Gasteiger partial charge is 0.310 e. The van der Waals surface area contributed by atoms with E-state index in [1.807, 2.05) is 0 Å². The second kappa shape index (κ2) is 5.92. The Balaban J connectivity index is 1.61. The van der Waals surface area contributed by atoms with Crippen molar-refractivity contribution >= 4 is 10.0 Å². The fourth-order valence-corrected chi connectivity index (χ4v) is 2.79. The van der Waals surface area contributed by atoms with Crippen LogP contribution in [0, 0.1) is 0 Å². The summed E-state index contributed by atoms with van der Waals surface area (Å²) in [5, 5.41) is 9.79. The molecule has 0 amide bonds. The molecule has 0 aromatic carbocycles. The molecular formula is C13H17N5O2S. The Morgan fingerprint density at radius 3 is 2.67 bits per heavy atom. The lowest BCUT2D eigenvalue weighted by atomic mass is 10.3. The molecular weight excluding hydrogens is 290 g/mol. The molecule has 2 heterocycles. The molecule has 1 aliphatic rings. The van der Waals surface area contributed by atoms with Crippen molar-refractivity contribution in [2.75, 3.05) is 0 Å². The van der Waals surface area contributed by atoms with Crippen LogP contribution in [0.15, 0.2) is 35.7 Å². The SMILES string of the molecule is O=S(=O)(NCc1cn[nH]c1)c1ccc(CNC2CC2)cn1. The summed E-state index contributed by atoms with van der Waals surface area (Å²) in [5.41, 5.74) is 1.75. The highest BCUT2D eigenvalue weighted by molar-refractivity contribution is 7.89. The molecule has 0 spiro atoms. The van der Waals surface area contributed by atoms with Crippen LogP contribution >= 0.6 is 0 Å². The van der Waals surface area contributed by atoms with Gasteiger partial charge in [-0.1, -0.05) is 6.07 Å². The molecule has 0 aliphatic heterocycles. The fraction of sp³-hybridized carbons (Fsp3) is 0.385. The van der Waals surface area contributed by atoms with Gasteiger partial charge in [-0.05, 0) is 24.5 Å². The summed E-state index contributed by atoms with van der Waals surface area (Å²) in [6.07, 6.45) is 7.25. The molecule has 1 saturated carbocycles. The molecule has 21 heavy (non-hydrogen) atoms. The highest BCUT2D eigenvalue weighted by Crippen LogP contribution is 2.19. The number of H-pyrrole nitrogens is 1. The Morgan fingerprint density at radius 2 is 2.05 bits per heavy atom. The zero-order valence-electron chi connectivity index (χ0n) is 11.4. The van der Waals surface area contributed by atoms with Gasteiger partial charge in [-0.15, -0.1) is 0 Å². The van der Waals surface area contributed by atoms with Gasteiger partial charge >= 0.3 is 0 Å². The molecule has 2 aromatic rings. The minimum Gasteiger partial charge on any atom is -0.310 e. The molecule has 3 rings (SSSR count). The second-order valence-electron chi connectivity index (χ2n) is 5.09. The van der Waals surface area contributed by atoms with Crippen LogP contribution in [-0.2, 0) is 23.1 Å². The minimum absolute atomic E-state index is 0.0289. The molecule has 1 fully saturated rings. The zero-order valence-corrected chi connectivity index (χ0v) is 12.2. The maximum atomic E-state index is 12.1. The summed E-state index contributed by atoms with van der Waals surface area (Å²) in [6.45, 7) is 0.909.